The molecule has 0 aliphatic carbocycles. The molecule has 0 saturated heterocycles. The molecule has 0 aliphatic rings. The maximum Gasteiger partial charge on any atom is 0.263 e. The number of aliphatic hydroxyl groups is 1. The number of halogens is 4. The molecule has 2 N–H and O–H groups in total. The number of sulfonamides is 1. The Morgan fingerprint density at radius 1 is 1.19 bits per heavy atom. The van der Waals surface area contributed by atoms with Gasteiger partial charge in [-0.2, -0.15) is 0 Å². The van der Waals surface area contributed by atoms with Crippen molar-refractivity contribution in [2.24, 2.45) is 0 Å². The third-order valence-electron chi connectivity index (χ3n) is 2.41. The Bertz CT molecular complexity index is 793. The summed E-state index contributed by atoms with van der Waals surface area (Å²) in [5, 5.41) is 9.00. The van der Waals surface area contributed by atoms with Gasteiger partial charge in [-0.15, -0.1) is 11.3 Å². The largest absolute Gasteiger partial charge is 0.391 e. The predicted octanol–water partition coefficient (Wildman–Crippen LogP) is 3.84. The number of nitrogens with one attached hydrogen (secondary N) is 1. The van der Waals surface area contributed by atoms with Crippen LogP contribution in [0.2, 0.25) is 0 Å². The first-order valence-electron chi connectivity index (χ1n) is 5.31. The highest BCUT2D eigenvalue weighted by atomic mass is 79.9. The van der Waals surface area contributed by atoms with Crippen molar-refractivity contribution < 1.29 is 22.3 Å². The molecule has 0 atom stereocenters. The summed E-state index contributed by atoms with van der Waals surface area (Å²) >= 11 is 6.90. The third-order valence-corrected chi connectivity index (χ3v) is 6.62. The minimum atomic E-state index is -4.10. The molecular weight excluding hydrogens is 456 g/mol. The van der Waals surface area contributed by atoms with Crippen LogP contribution in [0.4, 0.5) is 14.5 Å². The first-order chi connectivity index (χ1) is 9.74. The van der Waals surface area contributed by atoms with Crippen LogP contribution in [0.15, 0.2) is 31.4 Å². The smallest absolute Gasteiger partial charge is 0.263 e. The van der Waals surface area contributed by atoms with Gasteiger partial charge in [-0.1, -0.05) is 0 Å². The molecule has 2 rings (SSSR count). The summed E-state index contributed by atoms with van der Waals surface area (Å²) in [6.45, 7) is -0.319. The van der Waals surface area contributed by atoms with Crippen LogP contribution in [0.5, 0.6) is 0 Å². The molecular formula is C11H7Br2F2NO3S2. The molecule has 0 fully saturated rings. The third kappa shape index (κ3) is 3.62. The van der Waals surface area contributed by atoms with Gasteiger partial charge in [0.2, 0.25) is 0 Å². The van der Waals surface area contributed by atoms with E-state index in [2.05, 4.69) is 31.9 Å². The maximum atomic E-state index is 13.7. The predicted molar refractivity (Wildman–Crippen MR) is 82.8 cm³/mol. The van der Waals surface area contributed by atoms with Crippen LogP contribution in [-0.2, 0) is 16.6 Å². The summed E-state index contributed by atoms with van der Waals surface area (Å²) in [4.78, 5) is 0.268. The van der Waals surface area contributed by atoms with E-state index < -0.39 is 27.3 Å². The average Bonchev–Trinajstić information content (AvgIpc) is 2.78. The van der Waals surface area contributed by atoms with E-state index in [1.807, 2.05) is 4.72 Å². The molecule has 4 nitrogen and oxygen atoms in total. The van der Waals surface area contributed by atoms with E-state index in [1.165, 1.54) is 6.07 Å². The summed E-state index contributed by atoms with van der Waals surface area (Å²) in [6.07, 6.45) is 0. The Morgan fingerprint density at radius 3 is 2.43 bits per heavy atom. The monoisotopic (exact) mass is 461 g/mol. The minimum Gasteiger partial charge on any atom is -0.391 e. The van der Waals surface area contributed by atoms with Crippen LogP contribution < -0.4 is 4.72 Å². The lowest BCUT2D eigenvalue weighted by molar-refractivity contribution is 0.285. The standard InChI is InChI=1S/C11H7Br2F2NO3S2/c12-6-2-8(15)9(3-7(6)14)16-21(18,19)10-1-5(4-17)20-11(10)13/h1-3,16-17H,4H2. The second-order valence-corrected chi connectivity index (χ2v) is 8.82. The number of aliphatic hydroxyl groups excluding tert-OH is 1. The summed E-state index contributed by atoms with van der Waals surface area (Å²) in [5.74, 6) is -1.71. The average molecular weight is 463 g/mol. The number of hydrogen-bond acceptors (Lipinski definition) is 4. The van der Waals surface area contributed by atoms with E-state index in [4.69, 9.17) is 5.11 Å². The quantitative estimate of drug-likeness (QED) is 0.678. The summed E-state index contributed by atoms with van der Waals surface area (Å²) in [7, 11) is -4.10. The zero-order chi connectivity index (χ0) is 15.8. The van der Waals surface area contributed by atoms with E-state index in [0.717, 1.165) is 23.5 Å². The zero-order valence-electron chi connectivity index (χ0n) is 10.0. The summed E-state index contributed by atoms with van der Waals surface area (Å²) < 4.78 is 53.6. The van der Waals surface area contributed by atoms with Gasteiger partial charge in [-0.3, -0.25) is 4.72 Å². The molecule has 0 spiro atoms. The highest BCUT2D eigenvalue weighted by molar-refractivity contribution is 9.11. The van der Waals surface area contributed by atoms with Gasteiger partial charge in [0.25, 0.3) is 10.0 Å². The number of hydrogen-bond donors (Lipinski definition) is 2. The SMILES string of the molecule is O=S(=O)(Nc1cc(F)c(Br)cc1F)c1cc(CO)sc1Br. The highest BCUT2D eigenvalue weighted by Gasteiger charge is 2.23. The van der Waals surface area contributed by atoms with Crippen LogP contribution in [0, 0.1) is 11.6 Å². The van der Waals surface area contributed by atoms with E-state index in [1.54, 1.807) is 0 Å². The van der Waals surface area contributed by atoms with Crippen molar-refractivity contribution in [1.82, 2.24) is 0 Å². The van der Waals surface area contributed by atoms with Crippen molar-refractivity contribution in [1.29, 1.82) is 0 Å². The molecule has 0 saturated carbocycles. The van der Waals surface area contributed by atoms with Crippen LogP contribution in [-0.4, -0.2) is 13.5 Å². The van der Waals surface area contributed by atoms with Crippen molar-refractivity contribution in [3.63, 3.8) is 0 Å². The van der Waals surface area contributed by atoms with Crippen molar-refractivity contribution >= 4 is 58.9 Å². The van der Waals surface area contributed by atoms with Gasteiger partial charge in [0.1, 0.15) is 16.5 Å². The molecule has 1 heterocycles. The van der Waals surface area contributed by atoms with Gasteiger partial charge in [0.05, 0.1) is 20.6 Å². The van der Waals surface area contributed by atoms with E-state index >= 15 is 0 Å². The topological polar surface area (TPSA) is 66.4 Å². The van der Waals surface area contributed by atoms with Gasteiger partial charge in [-0.25, -0.2) is 17.2 Å². The fourth-order valence-electron chi connectivity index (χ4n) is 1.46. The second kappa shape index (κ2) is 6.29. The Balaban J connectivity index is 2.42. The molecule has 0 aliphatic heterocycles. The molecule has 1 aromatic heterocycles. The lowest BCUT2D eigenvalue weighted by atomic mass is 10.3. The highest BCUT2D eigenvalue weighted by Crippen LogP contribution is 2.33. The molecule has 114 valence electrons. The molecule has 10 heteroatoms. The molecule has 1 aromatic carbocycles. The van der Waals surface area contributed by atoms with E-state index in [0.29, 0.717) is 4.88 Å². The minimum absolute atomic E-state index is 0.109. The molecule has 0 bridgehead atoms. The lowest BCUT2D eigenvalue weighted by Crippen LogP contribution is -2.14. The number of anilines is 1. The van der Waals surface area contributed by atoms with Gasteiger partial charge in [0, 0.05) is 10.9 Å². The van der Waals surface area contributed by atoms with E-state index in [9.17, 15) is 17.2 Å². The number of thiophene rings is 1. The summed E-state index contributed by atoms with van der Waals surface area (Å²) in [6, 6.07) is 2.82. The zero-order valence-corrected chi connectivity index (χ0v) is 14.8. The van der Waals surface area contributed by atoms with Crippen LogP contribution in [0.25, 0.3) is 0 Å². The fourth-order valence-corrected chi connectivity index (χ4v) is 5.38. The lowest BCUT2D eigenvalue weighted by Gasteiger charge is -2.09. The molecule has 21 heavy (non-hydrogen) atoms. The van der Waals surface area contributed by atoms with Crippen molar-refractivity contribution in [3.05, 3.63) is 43.0 Å². The van der Waals surface area contributed by atoms with Crippen molar-refractivity contribution in [2.75, 3.05) is 4.72 Å². The Hall–Kier alpha value is -0.550. The number of benzene rings is 1. The van der Waals surface area contributed by atoms with Gasteiger partial charge < -0.3 is 5.11 Å². The van der Waals surface area contributed by atoms with Crippen LogP contribution in [0.3, 0.4) is 0 Å². The van der Waals surface area contributed by atoms with E-state index in [-0.39, 0.29) is 19.8 Å². The van der Waals surface area contributed by atoms with Gasteiger partial charge >= 0.3 is 0 Å². The fraction of sp³-hybridized carbons (Fsp3) is 0.0909. The Labute approximate surface area is 140 Å². The molecule has 2 aromatic rings. The Morgan fingerprint density at radius 2 is 1.86 bits per heavy atom. The first-order valence-corrected chi connectivity index (χ1v) is 9.19. The van der Waals surface area contributed by atoms with Crippen molar-refractivity contribution in [2.45, 2.75) is 11.5 Å². The molecule has 0 unspecified atom stereocenters. The van der Waals surface area contributed by atoms with Gasteiger partial charge in [0.15, 0.2) is 0 Å². The second-order valence-electron chi connectivity index (χ2n) is 3.86. The maximum absolute atomic E-state index is 13.7. The van der Waals surface area contributed by atoms with Crippen LogP contribution in [0.1, 0.15) is 4.88 Å². The van der Waals surface area contributed by atoms with Crippen molar-refractivity contribution in [3.8, 4) is 0 Å². The normalized spacial score (nSPS) is 11.7. The molecule has 0 amide bonds. The molecule has 0 radical (unpaired) electrons. The first kappa shape index (κ1) is 16.8. The summed E-state index contributed by atoms with van der Waals surface area (Å²) in [5.41, 5.74) is -0.501. The van der Waals surface area contributed by atoms with Crippen LogP contribution >= 0.6 is 43.2 Å². The number of rotatable bonds is 4. The Kier molecular flexibility index (Phi) is 5.03. The van der Waals surface area contributed by atoms with Gasteiger partial charge in [-0.05, 0) is 44.0 Å².